The van der Waals surface area contributed by atoms with Gasteiger partial charge >= 0.3 is 5.69 Å². The number of halogens is 1. The molecule has 5 nitrogen and oxygen atoms in total. The Morgan fingerprint density at radius 1 is 1.14 bits per heavy atom. The lowest BCUT2D eigenvalue weighted by Crippen LogP contribution is -2.47. The highest BCUT2D eigenvalue weighted by Gasteiger charge is 2.25. The average Bonchev–Trinajstić information content (AvgIpc) is 2.65. The maximum Gasteiger partial charge on any atom is 0.351 e. The molecule has 0 saturated heterocycles. The minimum absolute atomic E-state index is 0.226. The molecule has 6 heteroatoms. The van der Waals surface area contributed by atoms with Gasteiger partial charge in [0.2, 0.25) is 5.88 Å². The predicted octanol–water partition coefficient (Wildman–Crippen LogP) is 4.35. The molecule has 2 aromatic rings. The zero-order valence-electron chi connectivity index (χ0n) is 17.2. The Hall–Kier alpha value is -2.21. The molecule has 0 unspecified atom stereocenters. The van der Waals surface area contributed by atoms with Crippen LogP contribution < -0.4 is 16.2 Å². The summed E-state index contributed by atoms with van der Waals surface area (Å²) in [6.45, 7) is 6.83. The summed E-state index contributed by atoms with van der Waals surface area (Å²) in [5.74, 6) is -0.0243. The Kier molecular flexibility index (Phi) is 8.18. The molecule has 0 bridgehead atoms. The Morgan fingerprint density at radius 2 is 1.86 bits per heavy atom. The van der Waals surface area contributed by atoms with Crippen molar-refractivity contribution in [1.29, 1.82) is 0 Å². The van der Waals surface area contributed by atoms with Gasteiger partial charge in [-0.05, 0) is 37.5 Å². The molecule has 0 aliphatic heterocycles. The molecule has 2 rings (SSSR count). The number of hydrogen-bond donors (Lipinski definition) is 1. The normalized spacial score (nSPS) is 13.3. The van der Waals surface area contributed by atoms with Gasteiger partial charge in [-0.1, -0.05) is 51.7 Å². The molecule has 1 atom stereocenters. The summed E-state index contributed by atoms with van der Waals surface area (Å²) in [6.07, 6.45) is 6.08. The molecule has 28 heavy (non-hydrogen) atoms. The first kappa shape index (κ1) is 22.1. The molecule has 0 aliphatic rings. The van der Waals surface area contributed by atoms with Gasteiger partial charge in [0, 0.05) is 23.8 Å². The molecule has 0 saturated carbocycles. The van der Waals surface area contributed by atoms with E-state index in [9.17, 15) is 9.18 Å². The lowest BCUT2D eigenvalue weighted by molar-refractivity contribution is 0.278. The number of benzene rings is 1. The molecule has 0 radical (unpaired) electrons. The van der Waals surface area contributed by atoms with Gasteiger partial charge in [0.1, 0.15) is 12.4 Å². The second-order valence-corrected chi connectivity index (χ2v) is 7.59. The Bertz CT molecular complexity index is 804. The summed E-state index contributed by atoms with van der Waals surface area (Å²) < 4.78 is 20.3. The Balaban J connectivity index is 2.10. The topological polar surface area (TPSA) is 70.1 Å². The van der Waals surface area contributed by atoms with Crippen molar-refractivity contribution in [1.82, 2.24) is 9.55 Å². The number of nitrogens with zero attached hydrogens (tertiary/aromatic N) is 2. The van der Waals surface area contributed by atoms with Gasteiger partial charge in [-0.25, -0.2) is 9.18 Å². The molecule has 0 spiro atoms. The highest BCUT2D eigenvalue weighted by atomic mass is 19.1. The number of unbranched alkanes of at least 4 members (excludes halogenated alkanes) is 2. The number of ether oxygens (including phenoxy) is 1. The van der Waals surface area contributed by atoms with Crippen molar-refractivity contribution in [3.8, 4) is 5.88 Å². The van der Waals surface area contributed by atoms with E-state index in [1.54, 1.807) is 22.8 Å². The quantitative estimate of drug-likeness (QED) is 0.580. The highest BCUT2D eigenvalue weighted by Crippen LogP contribution is 2.21. The second-order valence-electron chi connectivity index (χ2n) is 7.59. The van der Waals surface area contributed by atoms with E-state index in [0.717, 1.165) is 49.8 Å². The monoisotopic (exact) mass is 389 g/mol. The first-order chi connectivity index (χ1) is 13.4. The van der Waals surface area contributed by atoms with E-state index in [1.807, 2.05) is 6.92 Å². The van der Waals surface area contributed by atoms with Crippen molar-refractivity contribution in [2.45, 2.75) is 78.0 Å². The number of aryl methyl sites for hydroxylation is 1. The van der Waals surface area contributed by atoms with Gasteiger partial charge < -0.3 is 10.5 Å². The molecular weight excluding hydrogens is 357 g/mol. The fourth-order valence-corrected chi connectivity index (χ4v) is 3.42. The highest BCUT2D eigenvalue weighted by molar-refractivity contribution is 5.18. The van der Waals surface area contributed by atoms with Gasteiger partial charge in [-0.15, -0.1) is 0 Å². The van der Waals surface area contributed by atoms with Crippen molar-refractivity contribution in [2.24, 2.45) is 5.73 Å². The minimum atomic E-state index is -0.406. The number of hydrogen-bond acceptors (Lipinski definition) is 4. The van der Waals surface area contributed by atoms with Crippen LogP contribution in [0.15, 0.2) is 35.1 Å². The third-order valence-corrected chi connectivity index (χ3v) is 4.99. The summed E-state index contributed by atoms with van der Waals surface area (Å²) >= 11 is 0. The van der Waals surface area contributed by atoms with Crippen molar-refractivity contribution in [2.75, 3.05) is 0 Å². The first-order valence-electron chi connectivity index (χ1n) is 10.1. The lowest BCUT2D eigenvalue weighted by Gasteiger charge is -2.30. The Labute approximate surface area is 166 Å². The van der Waals surface area contributed by atoms with Gasteiger partial charge in [0.15, 0.2) is 0 Å². The van der Waals surface area contributed by atoms with Crippen molar-refractivity contribution in [3.63, 3.8) is 0 Å². The Morgan fingerprint density at radius 3 is 2.46 bits per heavy atom. The smallest absolute Gasteiger partial charge is 0.351 e. The van der Waals surface area contributed by atoms with Gasteiger partial charge in [-0.3, -0.25) is 4.57 Å². The fourth-order valence-electron chi connectivity index (χ4n) is 3.42. The van der Waals surface area contributed by atoms with E-state index in [2.05, 4.69) is 18.8 Å². The van der Waals surface area contributed by atoms with Gasteiger partial charge in [-0.2, -0.15) is 4.98 Å². The zero-order valence-corrected chi connectivity index (χ0v) is 17.2. The lowest BCUT2D eigenvalue weighted by atomic mass is 9.88. The number of nitrogens with two attached hydrogens (primary N) is 1. The van der Waals surface area contributed by atoms with Crippen molar-refractivity contribution in [3.05, 3.63) is 57.9 Å². The third-order valence-electron chi connectivity index (χ3n) is 4.99. The van der Waals surface area contributed by atoms with E-state index in [1.165, 1.54) is 12.1 Å². The van der Waals surface area contributed by atoms with Crippen LogP contribution in [0.4, 0.5) is 4.39 Å². The maximum absolute atomic E-state index is 13.0. The fraction of sp³-hybridized carbons (Fsp3) is 0.545. The molecule has 0 aliphatic carbocycles. The molecule has 1 aromatic carbocycles. The van der Waals surface area contributed by atoms with E-state index in [0.29, 0.717) is 6.54 Å². The number of aromatic nitrogens is 2. The largest absolute Gasteiger partial charge is 0.473 e. The van der Waals surface area contributed by atoms with Crippen LogP contribution in [0.3, 0.4) is 0 Å². The van der Waals surface area contributed by atoms with Crippen LogP contribution in [0.25, 0.3) is 0 Å². The summed E-state index contributed by atoms with van der Waals surface area (Å²) in [6, 6.07) is 7.80. The SMILES string of the molecule is CCCCC[C@](N)(CCC)Cn1c(C)cc(OCc2ccc(F)cc2)nc1=O. The summed E-state index contributed by atoms with van der Waals surface area (Å²) in [4.78, 5) is 16.7. The van der Waals surface area contributed by atoms with E-state index >= 15 is 0 Å². The van der Waals surface area contributed by atoms with Crippen molar-refractivity contribution >= 4 is 0 Å². The van der Waals surface area contributed by atoms with Gasteiger partial charge in [0.25, 0.3) is 0 Å². The molecule has 0 amide bonds. The molecule has 1 heterocycles. The molecule has 0 fully saturated rings. The molecule has 1 aromatic heterocycles. The second kappa shape index (κ2) is 10.4. The van der Waals surface area contributed by atoms with Crippen LogP contribution in [0.2, 0.25) is 0 Å². The van der Waals surface area contributed by atoms with Crippen LogP contribution in [-0.2, 0) is 13.2 Å². The van der Waals surface area contributed by atoms with Crippen molar-refractivity contribution < 1.29 is 9.13 Å². The predicted molar refractivity (Wildman–Crippen MR) is 110 cm³/mol. The first-order valence-corrected chi connectivity index (χ1v) is 10.1. The van der Waals surface area contributed by atoms with E-state index in [-0.39, 0.29) is 24.0 Å². The van der Waals surface area contributed by atoms with Crippen LogP contribution in [-0.4, -0.2) is 15.1 Å². The maximum atomic E-state index is 13.0. The standard InChI is InChI=1S/C22H32FN3O2/c1-4-6-7-13-22(24,12-5-2)16-26-17(3)14-20(25-21(26)27)28-15-18-8-10-19(23)11-9-18/h8-11,14H,4-7,12-13,15-16,24H2,1-3H3/t22-/m1/s1. The third kappa shape index (κ3) is 6.44. The zero-order chi connectivity index (χ0) is 20.6. The average molecular weight is 390 g/mol. The van der Waals surface area contributed by atoms with Crippen LogP contribution >= 0.6 is 0 Å². The molecular formula is C22H32FN3O2. The van der Waals surface area contributed by atoms with Gasteiger partial charge in [0.05, 0.1) is 0 Å². The molecule has 2 N–H and O–H groups in total. The minimum Gasteiger partial charge on any atom is -0.473 e. The summed E-state index contributed by atoms with van der Waals surface area (Å²) in [5, 5.41) is 0. The van der Waals surface area contributed by atoms with Crippen LogP contribution in [0, 0.1) is 12.7 Å². The van der Waals surface area contributed by atoms with E-state index in [4.69, 9.17) is 10.5 Å². The summed E-state index contributed by atoms with van der Waals surface area (Å²) in [7, 11) is 0. The van der Waals surface area contributed by atoms with Crippen LogP contribution in [0.5, 0.6) is 5.88 Å². The van der Waals surface area contributed by atoms with Crippen LogP contribution in [0.1, 0.15) is 63.6 Å². The summed E-state index contributed by atoms with van der Waals surface area (Å²) in [5.41, 5.74) is 7.48. The number of rotatable bonds is 11. The molecule has 154 valence electrons. The van der Waals surface area contributed by atoms with E-state index < -0.39 is 5.54 Å².